The van der Waals surface area contributed by atoms with Gasteiger partial charge in [0.25, 0.3) is 5.91 Å². The normalized spacial score (nSPS) is 25.9. The van der Waals surface area contributed by atoms with Crippen molar-refractivity contribution in [3.05, 3.63) is 39.8 Å². The largest absolute Gasteiger partial charge is 0.477 e. The van der Waals surface area contributed by atoms with Gasteiger partial charge in [-0.15, -0.1) is 11.3 Å². The summed E-state index contributed by atoms with van der Waals surface area (Å²) in [5, 5.41) is 13.3. The topological polar surface area (TPSA) is 75.4 Å². The van der Waals surface area contributed by atoms with Gasteiger partial charge in [-0.2, -0.15) is 5.10 Å². The number of thiophene rings is 1. The Balaban J connectivity index is 1.54. The summed E-state index contributed by atoms with van der Waals surface area (Å²) in [5.74, 6) is -0.544. The number of piperidine rings is 1. The van der Waals surface area contributed by atoms with Crippen LogP contribution in [0.2, 0.25) is 0 Å². The fourth-order valence-electron chi connectivity index (χ4n) is 4.23. The van der Waals surface area contributed by atoms with E-state index < -0.39 is 5.97 Å². The van der Waals surface area contributed by atoms with E-state index in [0.717, 1.165) is 37.0 Å². The van der Waals surface area contributed by atoms with Crippen LogP contribution in [0.3, 0.4) is 0 Å². The number of aromatic carboxylic acids is 1. The Kier molecular flexibility index (Phi) is 3.68. The summed E-state index contributed by atoms with van der Waals surface area (Å²) in [6.07, 6.45) is 5.80. The standard InChI is InChI=1S/C17H19N3O3S/c1-19-13(6-7-18-19)10-8-11-2-3-12(9-10)20(11)16(21)14-4-5-15(24-14)17(22)23/h4-7,10-12H,2-3,8-9H2,1H3,(H,22,23). The van der Waals surface area contributed by atoms with Crippen LogP contribution in [0.25, 0.3) is 0 Å². The second-order valence-corrected chi connectivity index (χ2v) is 7.70. The van der Waals surface area contributed by atoms with Crippen molar-refractivity contribution in [2.45, 2.75) is 43.7 Å². The number of carbonyl (C=O) groups excluding carboxylic acids is 1. The number of rotatable bonds is 3. The Bertz CT molecular complexity index is 783. The highest BCUT2D eigenvalue weighted by molar-refractivity contribution is 7.15. The molecule has 2 bridgehead atoms. The van der Waals surface area contributed by atoms with Crippen molar-refractivity contribution in [2.75, 3.05) is 0 Å². The molecule has 2 aromatic heterocycles. The zero-order valence-electron chi connectivity index (χ0n) is 13.4. The van der Waals surface area contributed by atoms with E-state index in [1.165, 1.54) is 11.8 Å². The van der Waals surface area contributed by atoms with E-state index in [4.69, 9.17) is 5.11 Å². The van der Waals surface area contributed by atoms with Gasteiger partial charge in [-0.25, -0.2) is 4.79 Å². The summed E-state index contributed by atoms with van der Waals surface area (Å²) < 4.78 is 1.93. The van der Waals surface area contributed by atoms with Gasteiger partial charge in [0.05, 0.1) is 4.88 Å². The average molecular weight is 345 g/mol. The minimum atomic E-state index is -0.975. The fraction of sp³-hybridized carbons (Fsp3) is 0.471. The molecule has 2 saturated heterocycles. The molecule has 2 atom stereocenters. The molecule has 2 aliphatic heterocycles. The average Bonchev–Trinajstić information content (AvgIpc) is 3.25. The smallest absolute Gasteiger partial charge is 0.345 e. The van der Waals surface area contributed by atoms with Gasteiger partial charge in [0.2, 0.25) is 0 Å². The summed E-state index contributed by atoms with van der Waals surface area (Å²) in [5.41, 5.74) is 1.24. The number of hydrogen-bond donors (Lipinski definition) is 1. The zero-order chi connectivity index (χ0) is 16.8. The quantitative estimate of drug-likeness (QED) is 0.928. The van der Waals surface area contributed by atoms with E-state index in [1.54, 1.807) is 6.07 Å². The molecule has 0 radical (unpaired) electrons. The molecule has 2 aromatic rings. The number of fused-ring (bicyclic) bond motifs is 2. The first kappa shape index (κ1) is 15.4. The van der Waals surface area contributed by atoms with Crippen LogP contribution in [0.15, 0.2) is 24.4 Å². The molecule has 7 heteroatoms. The molecule has 2 fully saturated rings. The summed E-state index contributed by atoms with van der Waals surface area (Å²) >= 11 is 1.07. The molecule has 1 amide bonds. The summed E-state index contributed by atoms with van der Waals surface area (Å²) in [7, 11) is 1.97. The molecular formula is C17H19N3O3S. The SMILES string of the molecule is Cn1nccc1C1CC2CCC(C1)N2C(=O)c1ccc(C(=O)O)s1. The maximum atomic E-state index is 12.9. The molecule has 0 saturated carbocycles. The summed E-state index contributed by atoms with van der Waals surface area (Å²) in [6.45, 7) is 0. The number of aromatic nitrogens is 2. The Labute approximate surface area is 143 Å². The molecule has 2 aliphatic rings. The van der Waals surface area contributed by atoms with Crippen LogP contribution in [0.5, 0.6) is 0 Å². The Morgan fingerprint density at radius 2 is 1.83 bits per heavy atom. The molecule has 24 heavy (non-hydrogen) atoms. The highest BCUT2D eigenvalue weighted by atomic mass is 32.1. The molecule has 126 valence electrons. The van der Waals surface area contributed by atoms with Gasteiger partial charge in [0.1, 0.15) is 4.88 Å². The molecule has 2 unspecified atom stereocenters. The molecule has 1 N–H and O–H groups in total. The number of aryl methyl sites for hydroxylation is 1. The zero-order valence-corrected chi connectivity index (χ0v) is 14.2. The van der Waals surface area contributed by atoms with Crippen LogP contribution < -0.4 is 0 Å². The number of hydrogen-bond acceptors (Lipinski definition) is 4. The van der Waals surface area contributed by atoms with E-state index in [2.05, 4.69) is 11.2 Å². The molecule has 0 aromatic carbocycles. The van der Waals surface area contributed by atoms with Crippen molar-refractivity contribution < 1.29 is 14.7 Å². The lowest BCUT2D eigenvalue weighted by Crippen LogP contribution is -2.46. The van der Waals surface area contributed by atoms with Crippen LogP contribution in [0.4, 0.5) is 0 Å². The number of carbonyl (C=O) groups is 2. The molecule has 4 rings (SSSR count). The first-order valence-electron chi connectivity index (χ1n) is 8.18. The minimum absolute atomic E-state index is 0.0107. The summed E-state index contributed by atoms with van der Waals surface area (Å²) in [4.78, 5) is 26.7. The number of carboxylic acids is 1. The third kappa shape index (κ3) is 2.43. The highest BCUT2D eigenvalue weighted by Crippen LogP contribution is 2.43. The molecular weight excluding hydrogens is 326 g/mol. The van der Waals surface area contributed by atoms with Crippen molar-refractivity contribution >= 4 is 23.2 Å². The second kappa shape index (κ2) is 5.73. The third-order valence-electron chi connectivity index (χ3n) is 5.27. The first-order valence-corrected chi connectivity index (χ1v) is 9.00. The van der Waals surface area contributed by atoms with E-state index in [9.17, 15) is 9.59 Å². The van der Waals surface area contributed by atoms with Gasteiger partial charge in [-0.1, -0.05) is 0 Å². The molecule has 0 aliphatic carbocycles. The third-order valence-corrected chi connectivity index (χ3v) is 6.33. The monoisotopic (exact) mass is 345 g/mol. The van der Waals surface area contributed by atoms with Crippen LogP contribution >= 0.6 is 11.3 Å². The van der Waals surface area contributed by atoms with Crippen molar-refractivity contribution in [2.24, 2.45) is 7.05 Å². The lowest BCUT2D eigenvalue weighted by Gasteiger charge is -2.38. The van der Waals surface area contributed by atoms with Crippen molar-refractivity contribution in [3.8, 4) is 0 Å². The van der Waals surface area contributed by atoms with Crippen molar-refractivity contribution in [3.63, 3.8) is 0 Å². The van der Waals surface area contributed by atoms with Gasteiger partial charge < -0.3 is 10.0 Å². The fourth-order valence-corrected chi connectivity index (χ4v) is 5.02. The minimum Gasteiger partial charge on any atom is -0.477 e. The lowest BCUT2D eigenvalue weighted by molar-refractivity contribution is 0.0573. The highest BCUT2D eigenvalue weighted by Gasteiger charge is 2.44. The molecule has 6 nitrogen and oxygen atoms in total. The van der Waals surface area contributed by atoms with Crippen LogP contribution in [0.1, 0.15) is 56.6 Å². The van der Waals surface area contributed by atoms with Gasteiger partial charge in [0.15, 0.2) is 0 Å². The van der Waals surface area contributed by atoms with E-state index in [-0.39, 0.29) is 22.9 Å². The first-order chi connectivity index (χ1) is 11.5. The van der Waals surface area contributed by atoms with E-state index >= 15 is 0 Å². The maximum absolute atomic E-state index is 12.9. The van der Waals surface area contributed by atoms with Gasteiger partial charge >= 0.3 is 5.97 Å². The predicted octanol–water partition coefficient (Wildman–Crippen LogP) is 2.73. The Morgan fingerprint density at radius 1 is 1.17 bits per heavy atom. The Morgan fingerprint density at radius 3 is 2.38 bits per heavy atom. The van der Waals surface area contributed by atoms with Crippen molar-refractivity contribution in [1.29, 1.82) is 0 Å². The number of amides is 1. The molecule has 4 heterocycles. The van der Waals surface area contributed by atoms with E-state index in [1.807, 2.05) is 22.8 Å². The predicted molar refractivity (Wildman–Crippen MR) is 89.4 cm³/mol. The van der Waals surface area contributed by atoms with Gasteiger partial charge in [0, 0.05) is 36.9 Å². The maximum Gasteiger partial charge on any atom is 0.345 e. The van der Waals surface area contributed by atoms with Gasteiger partial charge in [-0.3, -0.25) is 9.48 Å². The van der Waals surface area contributed by atoms with Gasteiger partial charge in [-0.05, 0) is 43.9 Å². The molecule has 0 spiro atoms. The van der Waals surface area contributed by atoms with Crippen LogP contribution in [0, 0.1) is 0 Å². The number of nitrogens with zero attached hydrogens (tertiary/aromatic N) is 3. The summed E-state index contributed by atoms with van der Waals surface area (Å²) in [6, 6.07) is 5.71. The number of carboxylic acid groups (broad SMARTS) is 1. The second-order valence-electron chi connectivity index (χ2n) is 6.61. The van der Waals surface area contributed by atoms with Crippen LogP contribution in [-0.4, -0.2) is 43.7 Å². The van der Waals surface area contributed by atoms with Crippen molar-refractivity contribution in [1.82, 2.24) is 14.7 Å². The Hall–Kier alpha value is -2.15. The van der Waals surface area contributed by atoms with E-state index in [0.29, 0.717) is 10.8 Å². The lowest BCUT2D eigenvalue weighted by atomic mass is 9.88. The van der Waals surface area contributed by atoms with Crippen LogP contribution in [-0.2, 0) is 7.05 Å².